The average Bonchev–Trinajstić information content (AvgIpc) is 2.80. The standard InChI is InChI=1S/C17H20N2O/c1-3-17(9-8-16(20)19-17)11-13-10-12(2)18-15-7-5-4-6-14(13)15/h4-7,10H,3,8-9,11H2,1-2H3,(H,19,20). The zero-order valence-electron chi connectivity index (χ0n) is 12.1. The van der Waals surface area contributed by atoms with Crippen molar-refractivity contribution in [3.05, 3.63) is 41.6 Å². The van der Waals surface area contributed by atoms with Gasteiger partial charge in [0.25, 0.3) is 0 Å². The molecule has 1 aliphatic rings. The molecule has 3 nitrogen and oxygen atoms in total. The van der Waals surface area contributed by atoms with Gasteiger partial charge in [0.05, 0.1) is 5.52 Å². The minimum absolute atomic E-state index is 0.0757. The minimum Gasteiger partial charge on any atom is -0.350 e. The van der Waals surface area contributed by atoms with Crippen molar-refractivity contribution in [3.8, 4) is 0 Å². The van der Waals surface area contributed by atoms with Crippen LogP contribution in [0.1, 0.15) is 37.4 Å². The fraction of sp³-hybridized carbons (Fsp3) is 0.412. The Morgan fingerprint density at radius 1 is 1.35 bits per heavy atom. The first-order valence-electron chi connectivity index (χ1n) is 7.28. The van der Waals surface area contributed by atoms with Gasteiger partial charge in [0, 0.05) is 23.0 Å². The summed E-state index contributed by atoms with van der Waals surface area (Å²) in [6.45, 7) is 4.18. The predicted octanol–water partition coefficient (Wildman–Crippen LogP) is 3.14. The first kappa shape index (κ1) is 13.1. The lowest BCUT2D eigenvalue weighted by molar-refractivity contribution is -0.119. The number of nitrogens with one attached hydrogen (secondary N) is 1. The zero-order chi connectivity index (χ0) is 14.2. The van der Waals surface area contributed by atoms with Crippen LogP contribution in [-0.2, 0) is 11.2 Å². The van der Waals surface area contributed by atoms with Crippen molar-refractivity contribution >= 4 is 16.8 Å². The summed E-state index contributed by atoms with van der Waals surface area (Å²) < 4.78 is 0. The number of fused-ring (bicyclic) bond motifs is 1. The molecule has 0 bridgehead atoms. The normalized spacial score (nSPS) is 22.2. The first-order chi connectivity index (χ1) is 9.62. The summed E-state index contributed by atoms with van der Waals surface area (Å²) in [4.78, 5) is 16.2. The summed E-state index contributed by atoms with van der Waals surface area (Å²) in [5.74, 6) is 0.182. The molecule has 1 amide bonds. The van der Waals surface area contributed by atoms with Gasteiger partial charge in [-0.15, -0.1) is 0 Å². The van der Waals surface area contributed by atoms with Gasteiger partial charge >= 0.3 is 0 Å². The van der Waals surface area contributed by atoms with E-state index in [4.69, 9.17) is 0 Å². The Kier molecular flexibility index (Phi) is 3.20. The molecule has 1 atom stereocenters. The van der Waals surface area contributed by atoms with E-state index in [-0.39, 0.29) is 11.4 Å². The number of benzene rings is 1. The molecular formula is C17H20N2O. The number of para-hydroxylation sites is 1. The van der Waals surface area contributed by atoms with Crippen LogP contribution in [0.25, 0.3) is 10.9 Å². The van der Waals surface area contributed by atoms with Crippen molar-refractivity contribution in [3.63, 3.8) is 0 Å². The lowest BCUT2D eigenvalue weighted by Crippen LogP contribution is -2.43. The fourth-order valence-electron chi connectivity index (χ4n) is 3.20. The van der Waals surface area contributed by atoms with E-state index in [0.29, 0.717) is 6.42 Å². The maximum atomic E-state index is 11.6. The molecule has 20 heavy (non-hydrogen) atoms. The average molecular weight is 268 g/mol. The number of carbonyl (C=O) groups is 1. The Bertz CT molecular complexity index is 665. The van der Waals surface area contributed by atoms with Gasteiger partial charge < -0.3 is 5.32 Å². The van der Waals surface area contributed by atoms with E-state index in [0.717, 1.165) is 30.5 Å². The van der Waals surface area contributed by atoms with Crippen molar-refractivity contribution in [1.82, 2.24) is 10.3 Å². The molecule has 1 aromatic heterocycles. The van der Waals surface area contributed by atoms with Crippen molar-refractivity contribution in [1.29, 1.82) is 0 Å². The highest BCUT2D eigenvalue weighted by atomic mass is 16.2. The van der Waals surface area contributed by atoms with E-state index in [1.54, 1.807) is 0 Å². The third-order valence-electron chi connectivity index (χ3n) is 4.37. The van der Waals surface area contributed by atoms with Crippen LogP contribution in [0, 0.1) is 6.92 Å². The number of nitrogens with zero attached hydrogens (tertiary/aromatic N) is 1. The summed E-state index contributed by atoms with van der Waals surface area (Å²) >= 11 is 0. The lowest BCUT2D eigenvalue weighted by Gasteiger charge is -2.28. The SMILES string of the molecule is CCC1(Cc2cc(C)nc3ccccc23)CCC(=O)N1. The summed E-state index contributed by atoms with van der Waals surface area (Å²) in [7, 11) is 0. The van der Waals surface area contributed by atoms with Gasteiger partial charge in [-0.05, 0) is 43.9 Å². The van der Waals surface area contributed by atoms with Crippen LogP contribution in [0.3, 0.4) is 0 Å². The first-order valence-corrected chi connectivity index (χ1v) is 7.28. The molecule has 3 heteroatoms. The Hall–Kier alpha value is -1.90. The molecule has 1 unspecified atom stereocenters. The van der Waals surface area contributed by atoms with Gasteiger partial charge in [-0.2, -0.15) is 0 Å². The van der Waals surface area contributed by atoms with E-state index in [9.17, 15) is 4.79 Å². The number of aromatic nitrogens is 1. The lowest BCUT2D eigenvalue weighted by atomic mass is 9.85. The van der Waals surface area contributed by atoms with Gasteiger partial charge in [0.1, 0.15) is 0 Å². The Morgan fingerprint density at radius 3 is 2.85 bits per heavy atom. The van der Waals surface area contributed by atoms with Crippen LogP contribution in [0.15, 0.2) is 30.3 Å². The molecule has 1 N–H and O–H groups in total. The second-order valence-electron chi connectivity index (χ2n) is 5.80. The number of hydrogen-bond donors (Lipinski definition) is 1. The zero-order valence-corrected chi connectivity index (χ0v) is 12.1. The highest BCUT2D eigenvalue weighted by Crippen LogP contribution is 2.30. The summed E-state index contributed by atoms with van der Waals surface area (Å²) in [5.41, 5.74) is 3.29. The van der Waals surface area contributed by atoms with E-state index in [1.807, 2.05) is 13.0 Å². The van der Waals surface area contributed by atoms with Gasteiger partial charge in [0.2, 0.25) is 5.91 Å². The predicted molar refractivity (Wildman–Crippen MR) is 80.6 cm³/mol. The molecule has 1 saturated heterocycles. The van der Waals surface area contributed by atoms with Crippen LogP contribution >= 0.6 is 0 Å². The van der Waals surface area contributed by atoms with Crippen molar-refractivity contribution in [2.75, 3.05) is 0 Å². The third kappa shape index (κ3) is 2.28. The van der Waals surface area contributed by atoms with Gasteiger partial charge in [-0.1, -0.05) is 25.1 Å². The van der Waals surface area contributed by atoms with Crippen LogP contribution in [0.5, 0.6) is 0 Å². The quantitative estimate of drug-likeness (QED) is 0.929. The molecule has 3 rings (SSSR count). The summed E-state index contributed by atoms with van der Waals surface area (Å²) in [6, 6.07) is 10.4. The molecule has 0 aliphatic carbocycles. The third-order valence-corrected chi connectivity index (χ3v) is 4.37. The van der Waals surface area contributed by atoms with Gasteiger partial charge in [-0.25, -0.2) is 0 Å². The number of pyridine rings is 1. The van der Waals surface area contributed by atoms with E-state index < -0.39 is 0 Å². The molecule has 1 aliphatic heterocycles. The molecule has 0 saturated carbocycles. The number of hydrogen-bond acceptors (Lipinski definition) is 2. The maximum Gasteiger partial charge on any atom is 0.220 e. The maximum absolute atomic E-state index is 11.6. The molecule has 0 radical (unpaired) electrons. The Morgan fingerprint density at radius 2 is 2.15 bits per heavy atom. The van der Waals surface area contributed by atoms with E-state index in [1.165, 1.54) is 10.9 Å². The van der Waals surface area contributed by atoms with Crippen molar-refractivity contribution in [2.45, 2.75) is 45.1 Å². The number of carbonyl (C=O) groups excluding carboxylic acids is 1. The van der Waals surface area contributed by atoms with Crippen molar-refractivity contribution < 1.29 is 4.79 Å². The topological polar surface area (TPSA) is 42.0 Å². The summed E-state index contributed by atoms with van der Waals surface area (Å²) in [6.07, 6.45) is 3.43. The second kappa shape index (κ2) is 4.89. The number of amides is 1. The Balaban J connectivity index is 2.04. The molecule has 1 aromatic carbocycles. The largest absolute Gasteiger partial charge is 0.350 e. The van der Waals surface area contributed by atoms with Gasteiger partial charge in [-0.3, -0.25) is 9.78 Å². The van der Waals surface area contributed by atoms with Crippen LogP contribution in [-0.4, -0.2) is 16.4 Å². The molecule has 2 aromatic rings. The van der Waals surface area contributed by atoms with Crippen LogP contribution < -0.4 is 5.32 Å². The summed E-state index contributed by atoms with van der Waals surface area (Å²) in [5, 5.41) is 4.39. The highest BCUT2D eigenvalue weighted by Gasteiger charge is 2.36. The number of rotatable bonds is 3. The fourth-order valence-corrected chi connectivity index (χ4v) is 3.20. The second-order valence-corrected chi connectivity index (χ2v) is 5.80. The van der Waals surface area contributed by atoms with Gasteiger partial charge in [0.15, 0.2) is 0 Å². The molecule has 104 valence electrons. The number of aryl methyl sites for hydroxylation is 1. The van der Waals surface area contributed by atoms with E-state index in [2.05, 4.69) is 41.5 Å². The van der Waals surface area contributed by atoms with Crippen LogP contribution in [0.4, 0.5) is 0 Å². The van der Waals surface area contributed by atoms with E-state index >= 15 is 0 Å². The van der Waals surface area contributed by atoms with Crippen molar-refractivity contribution in [2.24, 2.45) is 0 Å². The smallest absolute Gasteiger partial charge is 0.220 e. The Labute approximate surface area is 119 Å². The molecular weight excluding hydrogens is 248 g/mol. The minimum atomic E-state index is -0.0757. The molecule has 0 spiro atoms. The molecule has 2 heterocycles. The monoisotopic (exact) mass is 268 g/mol. The molecule has 1 fully saturated rings. The van der Waals surface area contributed by atoms with Crippen LogP contribution in [0.2, 0.25) is 0 Å². The highest BCUT2D eigenvalue weighted by molar-refractivity contribution is 5.83.